The molecule has 1 aromatic carbocycles. The van der Waals surface area contributed by atoms with E-state index in [4.69, 9.17) is 22.1 Å². The maximum Gasteiger partial charge on any atom is 0.144 e. The van der Waals surface area contributed by atoms with Crippen molar-refractivity contribution in [3.05, 3.63) is 41.2 Å². The van der Waals surface area contributed by atoms with Gasteiger partial charge in [0, 0.05) is 12.7 Å². The van der Waals surface area contributed by atoms with Crippen LogP contribution in [-0.2, 0) is 6.54 Å². The van der Waals surface area contributed by atoms with Crippen LogP contribution in [0, 0.1) is 0 Å². The molecule has 0 spiro atoms. The summed E-state index contributed by atoms with van der Waals surface area (Å²) in [5.74, 6) is 0.733. The summed E-state index contributed by atoms with van der Waals surface area (Å²) in [5.41, 5.74) is 7.44. The van der Waals surface area contributed by atoms with Gasteiger partial charge in [0.1, 0.15) is 11.4 Å². The minimum Gasteiger partial charge on any atom is -0.494 e. The molecule has 2 aromatic rings. The average molecular weight is 238 g/mol. The van der Waals surface area contributed by atoms with E-state index in [2.05, 4.69) is 5.10 Å². The number of hydrogen-bond donors (Lipinski definition) is 1. The average Bonchev–Trinajstić information content (AvgIpc) is 2.75. The van der Waals surface area contributed by atoms with Gasteiger partial charge in [0.15, 0.2) is 0 Å². The Kier molecular flexibility index (Phi) is 3.12. The van der Waals surface area contributed by atoms with Crippen LogP contribution in [0.4, 0.5) is 0 Å². The minimum absolute atomic E-state index is 0.478. The number of ether oxygens (including phenoxy) is 1. The van der Waals surface area contributed by atoms with Crippen molar-refractivity contribution in [2.45, 2.75) is 6.54 Å². The second-order valence-electron chi connectivity index (χ2n) is 3.31. The summed E-state index contributed by atoms with van der Waals surface area (Å²) in [6, 6.07) is 5.72. The molecule has 84 valence electrons. The van der Waals surface area contributed by atoms with E-state index in [1.165, 1.54) is 0 Å². The number of nitrogens with zero attached hydrogens (tertiary/aromatic N) is 2. The number of halogens is 1. The van der Waals surface area contributed by atoms with Gasteiger partial charge in [-0.1, -0.05) is 17.7 Å². The Hall–Kier alpha value is -1.52. The van der Waals surface area contributed by atoms with Crippen LogP contribution in [0.5, 0.6) is 5.75 Å². The zero-order valence-electron chi connectivity index (χ0n) is 8.85. The molecule has 1 heterocycles. The number of rotatable bonds is 3. The molecule has 2 N–H and O–H groups in total. The summed E-state index contributed by atoms with van der Waals surface area (Å²) < 4.78 is 6.93. The summed E-state index contributed by atoms with van der Waals surface area (Å²) in [5, 5.41) is 4.72. The summed E-state index contributed by atoms with van der Waals surface area (Å²) >= 11 is 5.83. The van der Waals surface area contributed by atoms with Gasteiger partial charge in [-0.05, 0) is 17.7 Å². The first kappa shape index (κ1) is 11.0. The van der Waals surface area contributed by atoms with E-state index in [0.717, 1.165) is 17.0 Å². The third-order valence-corrected chi connectivity index (χ3v) is 2.47. The zero-order valence-corrected chi connectivity index (χ0v) is 9.61. The molecule has 0 amide bonds. The van der Waals surface area contributed by atoms with Crippen LogP contribution in [0.3, 0.4) is 0 Å². The lowest BCUT2D eigenvalue weighted by Crippen LogP contribution is -2.02. The molecule has 4 nitrogen and oxygen atoms in total. The molecule has 1 aromatic heterocycles. The van der Waals surface area contributed by atoms with E-state index >= 15 is 0 Å². The molecule has 5 heteroatoms. The van der Waals surface area contributed by atoms with E-state index < -0.39 is 0 Å². The SMILES string of the molecule is COc1ccc(CN)cc1-n1cc(Cl)cn1. The van der Waals surface area contributed by atoms with Gasteiger partial charge in [-0.3, -0.25) is 0 Å². The quantitative estimate of drug-likeness (QED) is 0.888. The van der Waals surface area contributed by atoms with Crippen molar-refractivity contribution < 1.29 is 4.74 Å². The Balaban J connectivity index is 2.52. The maximum atomic E-state index is 5.83. The predicted molar refractivity (Wildman–Crippen MR) is 63.0 cm³/mol. The van der Waals surface area contributed by atoms with Crippen LogP contribution < -0.4 is 10.5 Å². The smallest absolute Gasteiger partial charge is 0.144 e. The fraction of sp³-hybridized carbons (Fsp3) is 0.182. The molecule has 0 bridgehead atoms. The summed E-state index contributed by atoms with van der Waals surface area (Å²) in [6.07, 6.45) is 3.30. The van der Waals surface area contributed by atoms with E-state index in [-0.39, 0.29) is 0 Å². The third-order valence-electron chi connectivity index (χ3n) is 2.28. The molecule has 0 aliphatic heterocycles. The van der Waals surface area contributed by atoms with Gasteiger partial charge in [0.05, 0.1) is 18.3 Å². The number of hydrogen-bond acceptors (Lipinski definition) is 3. The highest BCUT2D eigenvalue weighted by atomic mass is 35.5. The first-order valence-electron chi connectivity index (χ1n) is 4.82. The first-order chi connectivity index (χ1) is 7.74. The molecule has 0 aliphatic rings. The highest BCUT2D eigenvalue weighted by Gasteiger charge is 2.07. The summed E-state index contributed by atoms with van der Waals surface area (Å²) in [4.78, 5) is 0. The Morgan fingerprint density at radius 1 is 1.50 bits per heavy atom. The molecular formula is C11H12ClN3O. The fourth-order valence-corrected chi connectivity index (χ4v) is 1.61. The molecule has 0 unspecified atom stereocenters. The fourth-order valence-electron chi connectivity index (χ4n) is 1.47. The molecule has 0 fully saturated rings. The van der Waals surface area contributed by atoms with Crippen molar-refractivity contribution in [1.82, 2.24) is 9.78 Å². The number of benzene rings is 1. The van der Waals surface area contributed by atoms with Crippen LogP contribution >= 0.6 is 11.6 Å². The van der Waals surface area contributed by atoms with Gasteiger partial charge in [-0.25, -0.2) is 4.68 Å². The van der Waals surface area contributed by atoms with Crippen LogP contribution in [0.25, 0.3) is 5.69 Å². The van der Waals surface area contributed by atoms with Crippen molar-refractivity contribution in [2.75, 3.05) is 7.11 Å². The van der Waals surface area contributed by atoms with Crippen molar-refractivity contribution in [3.63, 3.8) is 0 Å². The minimum atomic E-state index is 0.478. The Bertz CT molecular complexity index is 496. The van der Waals surface area contributed by atoms with Gasteiger partial charge >= 0.3 is 0 Å². The molecule has 0 atom stereocenters. The summed E-state index contributed by atoms with van der Waals surface area (Å²) in [6.45, 7) is 0.478. The zero-order chi connectivity index (χ0) is 11.5. The van der Waals surface area contributed by atoms with Gasteiger partial charge in [0.2, 0.25) is 0 Å². The third kappa shape index (κ3) is 2.03. The predicted octanol–water partition coefficient (Wildman–Crippen LogP) is 1.99. The molecule has 0 saturated heterocycles. The van der Waals surface area contributed by atoms with Crippen molar-refractivity contribution in [1.29, 1.82) is 0 Å². The van der Waals surface area contributed by atoms with Crippen molar-refractivity contribution in [3.8, 4) is 11.4 Å². The van der Waals surface area contributed by atoms with Gasteiger partial charge in [-0.15, -0.1) is 0 Å². The van der Waals surface area contributed by atoms with Crippen LogP contribution in [0.1, 0.15) is 5.56 Å². The van der Waals surface area contributed by atoms with Crippen molar-refractivity contribution in [2.24, 2.45) is 5.73 Å². The van der Waals surface area contributed by atoms with Gasteiger partial charge < -0.3 is 10.5 Å². The molecule has 0 saturated carbocycles. The Labute approximate surface area is 98.6 Å². The summed E-state index contributed by atoms with van der Waals surface area (Å²) in [7, 11) is 1.62. The molecule has 0 radical (unpaired) electrons. The topological polar surface area (TPSA) is 53.1 Å². The van der Waals surface area contributed by atoms with Gasteiger partial charge in [0.25, 0.3) is 0 Å². The molecular weight excluding hydrogens is 226 g/mol. The number of methoxy groups -OCH3 is 1. The first-order valence-corrected chi connectivity index (χ1v) is 5.20. The van der Waals surface area contributed by atoms with E-state index in [1.54, 1.807) is 24.2 Å². The van der Waals surface area contributed by atoms with Crippen molar-refractivity contribution >= 4 is 11.6 Å². The van der Waals surface area contributed by atoms with Crippen LogP contribution in [-0.4, -0.2) is 16.9 Å². The van der Waals surface area contributed by atoms with Gasteiger partial charge in [-0.2, -0.15) is 5.10 Å². The number of aromatic nitrogens is 2. The lowest BCUT2D eigenvalue weighted by Gasteiger charge is -2.09. The Morgan fingerprint density at radius 2 is 2.31 bits per heavy atom. The maximum absolute atomic E-state index is 5.83. The molecule has 2 rings (SSSR count). The highest BCUT2D eigenvalue weighted by Crippen LogP contribution is 2.24. The van der Waals surface area contributed by atoms with Crippen LogP contribution in [0.15, 0.2) is 30.6 Å². The van der Waals surface area contributed by atoms with E-state index in [0.29, 0.717) is 11.6 Å². The second kappa shape index (κ2) is 4.55. The monoisotopic (exact) mass is 237 g/mol. The van der Waals surface area contributed by atoms with Crippen LogP contribution in [0.2, 0.25) is 5.02 Å². The number of nitrogens with two attached hydrogens (primary N) is 1. The largest absolute Gasteiger partial charge is 0.494 e. The normalized spacial score (nSPS) is 10.4. The standard InChI is InChI=1S/C11H12ClN3O/c1-16-11-3-2-8(5-13)4-10(11)15-7-9(12)6-14-15/h2-4,6-7H,5,13H2,1H3. The van der Waals surface area contributed by atoms with E-state index in [9.17, 15) is 0 Å². The molecule has 16 heavy (non-hydrogen) atoms. The lowest BCUT2D eigenvalue weighted by molar-refractivity contribution is 0.411. The highest BCUT2D eigenvalue weighted by molar-refractivity contribution is 6.30. The molecule has 0 aliphatic carbocycles. The second-order valence-corrected chi connectivity index (χ2v) is 3.75. The Morgan fingerprint density at radius 3 is 2.88 bits per heavy atom. The van der Waals surface area contributed by atoms with E-state index in [1.807, 2.05) is 18.2 Å². The lowest BCUT2D eigenvalue weighted by atomic mass is 10.2.